The maximum absolute atomic E-state index is 9.66. The Morgan fingerprint density at radius 1 is 1.24 bits per heavy atom. The van der Waals surface area contributed by atoms with Gasteiger partial charge in [-0.1, -0.05) is 57.4 Å². The third-order valence-electron chi connectivity index (χ3n) is 5.05. The molecule has 1 rings (SSSR count). The highest BCUT2D eigenvalue weighted by atomic mass is 31.0. The highest BCUT2D eigenvalue weighted by molar-refractivity contribution is 7.27. The molecule has 0 amide bonds. The van der Waals surface area contributed by atoms with Crippen LogP contribution in [0.5, 0.6) is 0 Å². The van der Waals surface area contributed by atoms with E-state index in [1.54, 1.807) is 0 Å². The second-order valence-electron chi connectivity index (χ2n) is 7.77. The predicted molar refractivity (Wildman–Crippen MR) is 134 cm³/mol. The van der Waals surface area contributed by atoms with Crippen molar-refractivity contribution < 1.29 is 5.11 Å². The molecule has 2 atom stereocenters. The summed E-state index contributed by atoms with van der Waals surface area (Å²) in [5.74, 6) is 0.788. The molecule has 0 heterocycles. The van der Waals surface area contributed by atoms with Gasteiger partial charge < -0.3 is 10.4 Å². The molecule has 4 heteroatoms. The van der Waals surface area contributed by atoms with E-state index in [4.69, 9.17) is 4.99 Å². The lowest BCUT2D eigenvalue weighted by Crippen LogP contribution is -2.24. The number of hydrogen-bond acceptors (Lipinski definition) is 3. The van der Waals surface area contributed by atoms with Crippen LogP contribution >= 0.6 is 9.24 Å². The van der Waals surface area contributed by atoms with Crippen molar-refractivity contribution in [2.45, 2.75) is 66.7 Å². The van der Waals surface area contributed by atoms with Gasteiger partial charge >= 0.3 is 0 Å². The second-order valence-corrected chi connectivity index (χ2v) is 8.39. The molecule has 1 aromatic rings. The van der Waals surface area contributed by atoms with E-state index in [1.165, 1.54) is 37.7 Å². The lowest BCUT2D eigenvalue weighted by atomic mass is 9.97. The van der Waals surface area contributed by atoms with Crippen LogP contribution in [-0.4, -0.2) is 17.9 Å². The number of nitrogens with one attached hydrogen (secondary N) is 1. The molecular formula is C25H39N2OP. The Labute approximate surface area is 180 Å². The van der Waals surface area contributed by atoms with Crippen LogP contribution in [0, 0.1) is 5.92 Å². The molecule has 0 saturated heterocycles. The molecule has 0 radical (unpaired) electrons. The zero-order chi connectivity index (χ0) is 21.8. The van der Waals surface area contributed by atoms with Gasteiger partial charge in [0.15, 0.2) is 0 Å². The minimum atomic E-state index is 0.0767. The van der Waals surface area contributed by atoms with Crippen molar-refractivity contribution in [2.75, 3.05) is 6.54 Å². The number of rotatable bonds is 12. The average Bonchev–Trinajstić information content (AvgIpc) is 2.67. The summed E-state index contributed by atoms with van der Waals surface area (Å²) in [6, 6.07) is 5.85. The van der Waals surface area contributed by atoms with Crippen LogP contribution in [0.25, 0.3) is 11.5 Å². The van der Waals surface area contributed by atoms with Gasteiger partial charge in [0, 0.05) is 17.7 Å². The second kappa shape index (κ2) is 13.4. The Hall–Kier alpha value is -1.86. The molecule has 0 spiro atoms. The van der Waals surface area contributed by atoms with Crippen LogP contribution in [0.15, 0.2) is 47.1 Å². The van der Waals surface area contributed by atoms with E-state index in [0.29, 0.717) is 5.92 Å². The molecule has 0 aromatic heterocycles. The normalized spacial score (nSPS) is 12.8. The van der Waals surface area contributed by atoms with E-state index in [2.05, 4.69) is 48.8 Å². The maximum atomic E-state index is 9.66. The Bertz CT molecular complexity index is 758. The fourth-order valence-corrected chi connectivity index (χ4v) is 3.73. The van der Waals surface area contributed by atoms with E-state index >= 15 is 0 Å². The van der Waals surface area contributed by atoms with E-state index < -0.39 is 0 Å². The summed E-state index contributed by atoms with van der Waals surface area (Å²) in [6.07, 6.45) is 10.3. The van der Waals surface area contributed by atoms with Gasteiger partial charge in [0.25, 0.3) is 0 Å². The van der Waals surface area contributed by atoms with Crippen molar-refractivity contribution in [1.82, 2.24) is 5.32 Å². The molecule has 0 aliphatic carbocycles. The highest BCUT2D eigenvalue weighted by Gasteiger charge is 2.09. The number of unbranched alkanes of at least 4 members (excludes halogenated alkanes) is 1. The van der Waals surface area contributed by atoms with Gasteiger partial charge in [-0.25, -0.2) is 0 Å². The summed E-state index contributed by atoms with van der Waals surface area (Å²) < 4.78 is 0. The minimum Gasteiger partial charge on any atom is -0.508 e. The summed E-state index contributed by atoms with van der Waals surface area (Å²) in [5, 5.41) is 14.2. The zero-order valence-corrected chi connectivity index (χ0v) is 20.0. The summed E-state index contributed by atoms with van der Waals surface area (Å²) in [6.45, 7) is 15.4. The van der Waals surface area contributed by atoms with Gasteiger partial charge in [0.2, 0.25) is 0 Å². The summed E-state index contributed by atoms with van der Waals surface area (Å²) in [5.41, 5.74) is 4.97. The van der Waals surface area contributed by atoms with Crippen molar-refractivity contribution in [3.8, 4) is 0 Å². The van der Waals surface area contributed by atoms with E-state index in [0.717, 1.165) is 34.4 Å². The number of allylic oxidation sites excluding steroid dienone is 3. The van der Waals surface area contributed by atoms with Crippen molar-refractivity contribution in [3.05, 3.63) is 53.3 Å². The predicted octanol–water partition coefficient (Wildman–Crippen LogP) is 6.64. The molecule has 29 heavy (non-hydrogen) atoms. The molecule has 3 nitrogen and oxygen atoms in total. The molecule has 0 fully saturated rings. The number of aliphatic hydroxyl groups excluding tert-OH is 1. The van der Waals surface area contributed by atoms with Crippen LogP contribution in [0.2, 0.25) is 0 Å². The van der Waals surface area contributed by atoms with Crippen molar-refractivity contribution in [2.24, 2.45) is 10.9 Å². The van der Waals surface area contributed by atoms with Crippen LogP contribution < -0.4 is 10.6 Å². The van der Waals surface area contributed by atoms with E-state index in [1.807, 2.05) is 37.4 Å². The zero-order valence-electron chi connectivity index (χ0n) is 18.9. The van der Waals surface area contributed by atoms with Gasteiger partial charge in [-0.2, -0.15) is 0 Å². The Morgan fingerprint density at radius 2 is 1.97 bits per heavy atom. The lowest BCUT2D eigenvalue weighted by Gasteiger charge is -2.18. The first-order valence-corrected chi connectivity index (χ1v) is 11.3. The van der Waals surface area contributed by atoms with Crippen LogP contribution in [0.3, 0.4) is 0 Å². The van der Waals surface area contributed by atoms with Crippen molar-refractivity contribution in [3.63, 3.8) is 0 Å². The molecule has 2 N–H and O–H groups in total. The third kappa shape index (κ3) is 8.58. The standard InChI is InChI=1S/C25H39N2OP/c1-7-10-12-20(11-8-2)16-26-24(18(4)5)17-27-23(9-3)21-13-14-22(19(6)28)25(29)15-21/h9,13-15,17,20,26,28H,6-8,10-12,16,29H2,1-5H3/b23-9-,27-17?. The molecule has 160 valence electrons. The van der Waals surface area contributed by atoms with Gasteiger partial charge in [-0.3, -0.25) is 4.99 Å². The fourth-order valence-electron chi connectivity index (χ4n) is 3.29. The number of aliphatic imine (C=N–C) groups is 1. The Kier molecular flexibility index (Phi) is 11.6. The molecule has 0 aliphatic heterocycles. The lowest BCUT2D eigenvalue weighted by molar-refractivity contribution is 0.418. The number of aliphatic hydroxyl groups is 1. The van der Waals surface area contributed by atoms with Gasteiger partial charge in [-0.15, -0.1) is 9.24 Å². The van der Waals surface area contributed by atoms with Crippen molar-refractivity contribution in [1.29, 1.82) is 0 Å². The molecule has 0 bridgehead atoms. The first-order chi connectivity index (χ1) is 13.8. The molecule has 0 saturated carbocycles. The topological polar surface area (TPSA) is 44.6 Å². The SMILES string of the molecule is C=C(O)c1ccc(/C(=C/C)N=CC(NCC(CCC)CCCC)=C(C)C)cc1P. The van der Waals surface area contributed by atoms with Crippen LogP contribution in [0.4, 0.5) is 0 Å². The Morgan fingerprint density at radius 3 is 2.48 bits per heavy atom. The fraction of sp³-hybridized carbons (Fsp3) is 0.480. The summed E-state index contributed by atoms with van der Waals surface area (Å²) in [7, 11) is 2.66. The van der Waals surface area contributed by atoms with Crippen LogP contribution in [-0.2, 0) is 0 Å². The van der Waals surface area contributed by atoms with Gasteiger partial charge in [0.05, 0.1) is 17.6 Å². The smallest absolute Gasteiger partial charge is 0.116 e. The summed E-state index contributed by atoms with van der Waals surface area (Å²) in [4.78, 5) is 4.76. The van der Waals surface area contributed by atoms with E-state index in [-0.39, 0.29) is 5.76 Å². The van der Waals surface area contributed by atoms with Crippen LogP contribution in [0.1, 0.15) is 77.8 Å². The maximum Gasteiger partial charge on any atom is 0.116 e. The molecule has 2 unspecified atom stereocenters. The first-order valence-electron chi connectivity index (χ1n) is 10.7. The summed E-state index contributed by atoms with van der Waals surface area (Å²) >= 11 is 0. The molecule has 1 aromatic carbocycles. The van der Waals surface area contributed by atoms with E-state index in [9.17, 15) is 5.11 Å². The minimum absolute atomic E-state index is 0.0767. The van der Waals surface area contributed by atoms with Gasteiger partial charge in [-0.05, 0) is 57.0 Å². The van der Waals surface area contributed by atoms with Gasteiger partial charge in [0.1, 0.15) is 5.76 Å². The number of nitrogens with zero attached hydrogens (tertiary/aromatic N) is 1. The van der Waals surface area contributed by atoms with Crippen molar-refractivity contribution >= 4 is 32.2 Å². The molecular weight excluding hydrogens is 375 g/mol. The quantitative estimate of drug-likeness (QED) is 0.229. The first kappa shape index (κ1) is 25.2. The number of benzene rings is 1. The largest absolute Gasteiger partial charge is 0.508 e. The molecule has 0 aliphatic rings. The Balaban J connectivity index is 2.93. The monoisotopic (exact) mass is 414 g/mol. The average molecular weight is 415 g/mol. The highest BCUT2D eigenvalue weighted by Crippen LogP contribution is 2.20. The third-order valence-corrected chi connectivity index (χ3v) is 5.52. The number of hydrogen-bond donors (Lipinski definition) is 2.